The lowest BCUT2D eigenvalue weighted by Gasteiger charge is -2.31. The summed E-state index contributed by atoms with van der Waals surface area (Å²) in [5, 5.41) is 5.00. The first-order valence-corrected chi connectivity index (χ1v) is 9.10. The van der Waals surface area contributed by atoms with Crippen molar-refractivity contribution < 1.29 is 4.42 Å². The Bertz CT molecular complexity index is 653. The molecule has 0 saturated heterocycles. The van der Waals surface area contributed by atoms with E-state index in [0.717, 1.165) is 24.4 Å². The van der Waals surface area contributed by atoms with Gasteiger partial charge >= 0.3 is 0 Å². The molecule has 0 amide bonds. The van der Waals surface area contributed by atoms with Gasteiger partial charge in [-0.2, -0.15) is 0 Å². The van der Waals surface area contributed by atoms with E-state index in [1.165, 1.54) is 0 Å². The molecule has 1 atom stereocenters. The van der Waals surface area contributed by atoms with Crippen LogP contribution in [0.25, 0.3) is 0 Å². The normalized spacial score (nSPS) is 12.2. The molecule has 0 fully saturated rings. The highest BCUT2D eigenvalue weighted by molar-refractivity contribution is 7.80. The number of anilines is 1. The van der Waals surface area contributed by atoms with Crippen molar-refractivity contribution in [3.05, 3.63) is 52.4 Å². The lowest BCUT2D eigenvalue weighted by Crippen LogP contribution is -2.38. The second kappa shape index (κ2) is 8.75. The third kappa shape index (κ3) is 5.40. The van der Waals surface area contributed by atoms with Gasteiger partial charge in [-0.15, -0.1) is 0 Å². The molecule has 0 unspecified atom stereocenters. The zero-order chi connectivity index (χ0) is 17.7. The summed E-state index contributed by atoms with van der Waals surface area (Å²) in [5.41, 5.74) is 0.777. The minimum Gasteiger partial charge on any atom is -0.467 e. The van der Waals surface area contributed by atoms with Crippen LogP contribution in [0.1, 0.15) is 39.0 Å². The van der Waals surface area contributed by atoms with Crippen LogP contribution in [-0.4, -0.2) is 16.6 Å². The highest BCUT2D eigenvalue weighted by Crippen LogP contribution is 2.26. The Labute approximate surface area is 158 Å². The summed E-state index contributed by atoms with van der Waals surface area (Å²) in [4.78, 5) is 2.13. The average molecular weight is 385 g/mol. The fraction of sp³-hybridized carbons (Fsp3) is 0.389. The average Bonchev–Trinajstić information content (AvgIpc) is 2.99. The Morgan fingerprint density at radius 2 is 1.88 bits per heavy atom. The molecule has 2 aromatic rings. The van der Waals surface area contributed by atoms with E-state index in [0.29, 0.717) is 21.1 Å². The molecule has 1 N–H and O–H groups in total. The summed E-state index contributed by atoms with van der Waals surface area (Å²) < 4.78 is 5.55. The fourth-order valence-electron chi connectivity index (χ4n) is 2.37. The van der Waals surface area contributed by atoms with E-state index in [9.17, 15) is 0 Å². The van der Waals surface area contributed by atoms with E-state index in [1.54, 1.807) is 24.5 Å². The molecular weight excluding hydrogens is 363 g/mol. The van der Waals surface area contributed by atoms with Crippen LogP contribution in [-0.2, 0) is 0 Å². The van der Waals surface area contributed by atoms with Crippen molar-refractivity contribution in [2.45, 2.75) is 33.2 Å². The van der Waals surface area contributed by atoms with Gasteiger partial charge in [-0.3, -0.25) is 0 Å². The second-order valence-corrected chi connectivity index (χ2v) is 7.42. The maximum Gasteiger partial charge on any atom is 0.174 e. The van der Waals surface area contributed by atoms with Gasteiger partial charge in [0.15, 0.2) is 5.11 Å². The minimum atomic E-state index is 0.0356. The van der Waals surface area contributed by atoms with Gasteiger partial charge in [0.05, 0.1) is 12.3 Å². The van der Waals surface area contributed by atoms with Gasteiger partial charge in [0.2, 0.25) is 0 Å². The van der Waals surface area contributed by atoms with Crippen molar-refractivity contribution in [2.75, 3.05) is 11.9 Å². The summed E-state index contributed by atoms with van der Waals surface area (Å²) >= 11 is 17.8. The summed E-state index contributed by atoms with van der Waals surface area (Å²) in [6.07, 6.45) is 2.71. The van der Waals surface area contributed by atoms with Gasteiger partial charge in [-0.05, 0) is 61.8 Å². The van der Waals surface area contributed by atoms with Crippen LogP contribution in [0.3, 0.4) is 0 Å². The van der Waals surface area contributed by atoms with Gasteiger partial charge in [-0.25, -0.2) is 0 Å². The molecule has 0 radical (unpaired) electrons. The van der Waals surface area contributed by atoms with E-state index < -0.39 is 0 Å². The summed E-state index contributed by atoms with van der Waals surface area (Å²) in [6.45, 7) is 7.31. The Morgan fingerprint density at radius 1 is 1.21 bits per heavy atom. The Hall–Kier alpha value is -1.23. The maximum absolute atomic E-state index is 6.06. The summed E-state index contributed by atoms with van der Waals surface area (Å²) in [7, 11) is 0. The highest BCUT2D eigenvalue weighted by atomic mass is 35.5. The standard InChI is InChI=1S/C18H22Cl2N2OS/c1-12(2)6-7-22(13(3)17-5-4-8-23-17)18(24)21-16-10-14(19)9-15(20)11-16/h4-5,8-13H,6-7H2,1-3H3,(H,21,24)/t13-/m0/s1. The third-order valence-corrected chi connectivity index (χ3v) is 4.52. The molecule has 0 spiro atoms. The van der Waals surface area contributed by atoms with Crippen molar-refractivity contribution in [2.24, 2.45) is 5.92 Å². The topological polar surface area (TPSA) is 28.4 Å². The first-order valence-electron chi connectivity index (χ1n) is 7.94. The molecule has 0 saturated carbocycles. The third-order valence-electron chi connectivity index (χ3n) is 3.74. The van der Waals surface area contributed by atoms with Crippen LogP contribution in [0.4, 0.5) is 5.69 Å². The predicted octanol–water partition coefficient (Wildman–Crippen LogP) is 6.39. The number of rotatable bonds is 6. The predicted molar refractivity (Wildman–Crippen MR) is 106 cm³/mol. The van der Waals surface area contributed by atoms with Crippen molar-refractivity contribution in [1.82, 2.24) is 4.90 Å². The Balaban J connectivity index is 2.16. The van der Waals surface area contributed by atoms with Crippen LogP contribution in [0.15, 0.2) is 41.0 Å². The molecule has 0 aliphatic heterocycles. The van der Waals surface area contributed by atoms with Crippen molar-refractivity contribution in [3.63, 3.8) is 0 Å². The summed E-state index contributed by atoms with van der Waals surface area (Å²) in [5.74, 6) is 1.46. The van der Waals surface area contributed by atoms with Gasteiger partial charge in [0, 0.05) is 22.3 Å². The number of nitrogens with zero attached hydrogens (tertiary/aromatic N) is 1. The zero-order valence-corrected chi connectivity index (χ0v) is 16.4. The molecule has 0 aliphatic rings. The van der Waals surface area contributed by atoms with Crippen LogP contribution >= 0.6 is 35.4 Å². The number of halogens is 2. The number of furan rings is 1. The second-order valence-electron chi connectivity index (χ2n) is 6.16. The molecule has 6 heteroatoms. The molecule has 1 aromatic carbocycles. The highest BCUT2D eigenvalue weighted by Gasteiger charge is 2.21. The van der Waals surface area contributed by atoms with Crippen LogP contribution < -0.4 is 5.32 Å². The van der Waals surface area contributed by atoms with E-state index in [-0.39, 0.29) is 6.04 Å². The molecule has 0 aliphatic carbocycles. The molecule has 0 bridgehead atoms. The van der Waals surface area contributed by atoms with Gasteiger partial charge in [0.25, 0.3) is 0 Å². The molecule has 2 rings (SSSR count). The quantitative estimate of drug-likeness (QED) is 0.583. The first-order chi connectivity index (χ1) is 11.4. The minimum absolute atomic E-state index is 0.0356. The number of thiocarbonyl (C=S) groups is 1. The Morgan fingerprint density at radius 3 is 2.42 bits per heavy atom. The van der Waals surface area contributed by atoms with Crippen LogP contribution in [0.5, 0.6) is 0 Å². The van der Waals surface area contributed by atoms with Crippen LogP contribution in [0.2, 0.25) is 10.0 Å². The smallest absolute Gasteiger partial charge is 0.174 e. The first kappa shape index (κ1) is 19.1. The summed E-state index contributed by atoms with van der Waals surface area (Å²) in [6, 6.07) is 9.19. The van der Waals surface area contributed by atoms with Gasteiger partial charge in [-0.1, -0.05) is 37.0 Å². The molecule has 130 valence electrons. The van der Waals surface area contributed by atoms with Gasteiger partial charge in [0.1, 0.15) is 5.76 Å². The zero-order valence-electron chi connectivity index (χ0n) is 14.1. The van der Waals surface area contributed by atoms with Crippen molar-refractivity contribution >= 4 is 46.2 Å². The van der Waals surface area contributed by atoms with Crippen LogP contribution in [0, 0.1) is 5.92 Å². The van der Waals surface area contributed by atoms with E-state index in [4.69, 9.17) is 39.8 Å². The van der Waals surface area contributed by atoms with Crippen molar-refractivity contribution in [3.8, 4) is 0 Å². The SMILES string of the molecule is CC(C)CCN(C(=S)Nc1cc(Cl)cc(Cl)c1)[C@@H](C)c1ccco1. The Kier molecular flexibility index (Phi) is 6.96. The number of hydrogen-bond donors (Lipinski definition) is 1. The molecule has 1 heterocycles. The number of hydrogen-bond acceptors (Lipinski definition) is 2. The molecular formula is C18H22Cl2N2OS. The monoisotopic (exact) mass is 384 g/mol. The maximum atomic E-state index is 6.06. The molecule has 3 nitrogen and oxygen atoms in total. The van der Waals surface area contributed by atoms with E-state index >= 15 is 0 Å². The molecule has 1 aromatic heterocycles. The van der Waals surface area contributed by atoms with Gasteiger partial charge < -0.3 is 14.6 Å². The van der Waals surface area contributed by atoms with E-state index in [1.807, 2.05) is 12.1 Å². The number of nitrogens with one attached hydrogen (secondary N) is 1. The van der Waals surface area contributed by atoms with Crippen molar-refractivity contribution in [1.29, 1.82) is 0 Å². The fourth-order valence-corrected chi connectivity index (χ4v) is 3.27. The molecule has 24 heavy (non-hydrogen) atoms. The lowest BCUT2D eigenvalue weighted by molar-refractivity contribution is 0.281. The lowest BCUT2D eigenvalue weighted by atomic mass is 10.1. The number of benzene rings is 1. The largest absolute Gasteiger partial charge is 0.467 e. The van der Waals surface area contributed by atoms with E-state index in [2.05, 4.69) is 31.0 Å².